The summed E-state index contributed by atoms with van der Waals surface area (Å²) in [6.07, 6.45) is 2.60. The van der Waals surface area contributed by atoms with E-state index in [1.807, 2.05) is 24.3 Å². The Bertz CT molecular complexity index is 1550. The maximum absolute atomic E-state index is 13.8. The topological polar surface area (TPSA) is 142 Å². The van der Waals surface area contributed by atoms with Gasteiger partial charge in [0, 0.05) is 30.3 Å². The third-order valence-corrected chi connectivity index (χ3v) is 7.18. The molecular weight excluding hydrogens is 474 g/mol. The van der Waals surface area contributed by atoms with Crippen LogP contribution in [0.1, 0.15) is 54.5 Å². The number of aromatic amines is 1. The summed E-state index contributed by atoms with van der Waals surface area (Å²) in [5.74, 6) is -1.55. The summed E-state index contributed by atoms with van der Waals surface area (Å²) in [7, 11) is 0. The molecule has 37 heavy (non-hydrogen) atoms. The number of nitrogens with zero attached hydrogens (tertiary/aromatic N) is 1. The van der Waals surface area contributed by atoms with Gasteiger partial charge in [-0.2, -0.15) is 0 Å². The van der Waals surface area contributed by atoms with E-state index in [0.29, 0.717) is 25.1 Å². The van der Waals surface area contributed by atoms with E-state index in [0.717, 1.165) is 16.9 Å². The van der Waals surface area contributed by atoms with Crippen molar-refractivity contribution in [3.8, 4) is 17.2 Å². The SMILES string of the molecule is CC(=O)c1c(O)c(C)c(O)c2c1OC1=CC(=O)/C(=C(/C)NCCCc3nc4ccccc4[nH]3)C(=O)[C@]12C. The van der Waals surface area contributed by atoms with Gasteiger partial charge in [0.2, 0.25) is 0 Å². The Balaban J connectivity index is 1.42. The summed E-state index contributed by atoms with van der Waals surface area (Å²) in [5, 5.41) is 24.5. The van der Waals surface area contributed by atoms with Gasteiger partial charge in [0.25, 0.3) is 0 Å². The molecule has 0 saturated carbocycles. The van der Waals surface area contributed by atoms with Crippen molar-refractivity contribution < 1.29 is 29.3 Å². The Morgan fingerprint density at radius 3 is 2.59 bits per heavy atom. The lowest BCUT2D eigenvalue weighted by molar-refractivity contribution is -0.123. The standard InChI is InChI=1S/C28H27N3O6/c1-13-24(34)22(15(3)32)26-23(25(13)35)28(4)19(37-26)12-18(33)21(27(28)36)14(2)29-11-7-10-20-30-16-8-5-6-9-17(16)31-20/h5-6,8-9,12,29,34-35H,7,10-11H2,1-4H3,(H,30,31)/b21-14+/t28-/m1/s1. The summed E-state index contributed by atoms with van der Waals surface area (Å²) in [6.45, 7) is 6.42. The number of fused-ring (bicyclic) bond motifs is 4. The fourth-order valence-corrected chi connectivity index (χ4v) is 5.11. The average Bonchev–Trinajstić information content (AvgIpc) is 3.39. The van der Waals surface area contributed by atoms with Gasteiger partial charge in [-0.1, -0.05) is 12.1 Å². The number of para-hydroxylation sites is 2. The number of aromatic nitrogens is 2. The van der Waals surface area contributed by atoms with E-state index >= 15 is 0 Å². The van der Waals surface area contributed by atoms with Crippen molar-refractivity contribution in [1.82, 2.24) is 15.3 Å². The highest BCUT2D eigenvalue weighted by Gasteiger charge is 2.56. The number of hydrogen-bond acceptors (Lipinski definition) is 8. The van der Waals surface area contributed by atoms with Crippen LogP contribution in [-0.4, -0.2) is 44.1 Å². The zero-order chi connectivity index (χ0) is 26.6. The average molecular weight is 502 g/mol. The number of hydrogen-bond donors (Lipinski definition) is 4. The third-order valence-electron chi connectivity index (χ3n) is 7.18. The summed E-state index contributed by atoms with van der Waals surface area (Å²) in [4.78, 5) is 47.0. The van der Waals surface area contributed by atoms with Gasteiger partial charge >= 0.3 is 0 Å². The normalized spacial score (nSPS) is 19.8. The van der Waals surface area contributed by atoms with Gasteiger partial charge in [0.1, 0.15) is 39.8 Å². The number of rotatable bonds is 6. The van der Waals surface area contributed by atoms with Crippen LogP contribution < -0.4 is 10.1 Å². The third kappa shape index (κ3) is 3.61. The molecule has 9 heteroatoms. The van der Waals surface area contributed by atoms with Crippen molar-refractivity contribution >= 4 is 28.4 Å². The smallest absolute Gasteiger partial charge is 0.194 e. The van der Waals surface area contributed by atoms with Crippen LogP contribution in [0.25, 0.3) is 11.0 Å². The number of phenols is 2. The first-order chi connectivity index (χ1) is 17.6. The number of nitrogens with one attached hydrogen (secondary N) is 2. The molecule has 0 unspecified atom stereocenters. The number of carbonyl (C=O) groups excluding carboxylic acids is 3. The predicted octanol–water partition coefficient (Wildman–Crippen LogP) is 3.67. The highest BCUT2D eigenvalue weighted by Crippen LogP contribution is 2.57. The highest BCUT2D eigenvalue weighted by atomic mass is 16.5. The molecule has 0 radical (unpaired) electrons. The number of allylic oxidation sites excluding steroid dienone is 4. The first-order valence-electron chi connectivity index (χ1n) is 12.0. The number of Topliss-reactive ketones (excluding diaryl/α,β-unsaturated/α-hetero) is 2. The van der Waals surface area contributed by atoms with Gasteiger partial charge in [-0.15, -0.1) is 0 Å². The molecule has 1 aromatic heterocycles. The number of ketones is 3. The van der Waals surface area contributed by atoms with Crippen LogP contribution in [0.4, 0.5) is 0 Å². The fraction of sp³-hybridized carbons (Fsp3) is 0.286. The number of carbonyl (C=O) groups is 3. The van der Waals surface area contributed by atoms with Crippen LogP contribution in [0.5, 0.6) is 17.2 Å². The molecule has 0 fully saturated rings. The van der Waals surface area contributed by atoms with Gasteiger partial charge in [0.05, 0.1) is 22.2 Å². The van der Waals surface area contributed by atoms with Crippen molar-refractivity contribution in [2.24, 2.45) is 0 Å². The molecule has 0 bridgehead atoms. The molecule has 0 spiro atoms. The summed E-state index contributed by atoms with van der Waals surface area (Å²) in [6, 6.07) is 7.78. The van der Waals surface area contributed by atoms with E-state index < -0.39 is 28.5 Å². The number of aromatic hydroxyl groups is 2. The van der Waals surface area contributed by atoms with Crippen molar-refractivity contribution in [3.63, 3.8) is 0 Å². The molecule has 2 heterocycles. The molecule has 0 saturated heterocycles. The van der Waals surface area contributed by atoms with E-state index in [4.69, 9.17) is 4.74 Å². The van der Waals surface area contributed by atoms with Crippen LogP contribution in [0, 0.1) is 6.92 Å². The van der Waals surface area contributed by atoms with E-state index in [1.54, 1.807) is 13.8 Å². The quantitative estimate of drug-likeness (QED) is 0.174. The van der Waals surface area contributed by atoms with Crippen molar-refractivity contribution in [1.29, 1.82) is 0 Å². The van der Waals surface area contributed by atoms with E-state index in [1.165, 1.54) is 19.9 Å². The summed E-state index contributed by atoms with van der Waals surface area (Å²) in [5.41, 5.74) is 0.717. The molecule has 9 nitrogen and oxygen atoms in total. The number of aryl methyl sites for hydroxylation is 1. The molecular formula is C28H27N3O6. The molecule has 3 aromatic rings. The highest BCUT2D eigenvalue weighted by molar-refractivity contribution is 6.31. The van der Waals surface area contributed by atoms with Crippen molar-refractivity contribution in [2.75, 3.05) is 6.54 Å². The molecule has 1 atom stereocenters. The number of H-pyrrole nitrogens is 1. The minimum atomic E-state index is -1.53. The first kappa shape index (κ1) is 24.3. The number of ether oxygens (including phenoxy) is 1. The van der Waals surface area contributed by atoms with Gasteiger partial charge in [0.15, 0.2) is 17.3 Å². The zero-order valence-electron chi connectivity index (χ0n) is 21.0. The van der Waals surface area contributed by atoms with Crippen LogP contribution in [-0.2, 0) is 21.4 Å². The lowest BCUT2D eigenvalue weighted by Gasteiger charge is -2.29. The second kappa shape index (κ2) is 8.62. The van der Waals surface area contributed by atoms with Crippen molar-refractivity contribution in [3.05, 3.63) is 69.9 Å². The molecule has 5 rings (SSSR count). The summed E-state index contributed by atoms with van der Waals surface area (Å²) < 4.78 is 5.79. The van der Waals surface area contributed by atoms with Gasteiger partial charge in [-0.05, 0) is 46.2 Å². The molecule has 2 aromatic carbocycles. The molecule has 1 aliphatic heterocycles. The van der Waals surface area contributed by atoms with E-state index in [9.17, 15) is 24.6 Å². The maximum atomic E-state index is 13.8. The number of benzene rings is 2. The number of imidazole rings is 1. The van der Waals surface area contributed by atoms with Crippen LogP contribution in [0.15, 0.2) is 47.4 Å². The Morgan fingerprint density at radius 1 is 1.16 bits per heavy atom. The molecule has 1 aliphatic carbocycles. The van der Waals surface area contributed by atoms with Gasteiger partial charge in [-0.3, -0.25) is 14.4 Å². The van der Waals surface area contributed by atoms with Gasteiger partial charge < -0.3 is 25.3 Å². The minimum Gasteiger partial charge on any atom is -0.507 e. The minimum absolute atomic E-state index is 0.0155. The molecule has 0 amide bonds. The molecule has 2 aliphatic rings. The number of phenolic OH excluding ortho intramolecular Hbond substituents is 2. The Hall–Kier alpha value is -4.40. The van der Waals surface area contributed by atoms with Crippen LogP contribution in [0.2, 0.25) is 0 Å². The molecule has 190 valence electrons. The van der Waals surface area contributed by atoms with E-state index in [2.05, 4.69) is 15.3 Å². The Labute approximate surface area is 212 Å². The Morgan fingerprint density at radius 2 is 1.89 bits per heavy atom. The zero-order valence-corrected chi connectivity index (χ0v) is 21.0. The van der Waals surface area contributed by atoms with Crippen molar-refractivity contribution in [2.45, 2.75) is 46.0 Å². The van der Waals surface area contributed by atoms with Crippen LogP contribution in [0.3, 0.4) is 0 Å². The van der Waals surface area contributed by atoms with E-state index in [-0.39, 0.29) is 39.5 Å². The molecule has 4 N–H and O–H groups in total. The lowest BCUT2D eigenvalue weighted by Crippen LogP contribution is -2.41. The predicted molar refractivity (Wildman–Crippen MR) is 136 cm³/mol. The monoisotopic (exact) mass is 501 g/mol. The van der Waals surface area contributed by atoms with Gasteiger partial charge in [-0.25, -0.2) is 4.98 Å². The largest absolute Gasteiger partial charge is 0.507 e. The second-order valence-electron chi connectivity index (χ2n) is 9.62. The van der Waals surface area contributed by atoms with Crippen LogP contribution >= 0.6 is 0 Å². The lowest BCUT2D eigenvalue weighted by atomic mass is 9.70. The second-order valence-corrected chi connectivity index (χ2v) is 9.62. The maximum Gasteiger partial charge on any atom is 0.194 e. The summed E-state index contributed by atoms with van der Waals surface area (Å²) >= 11 is 0. The Kier molecular flexibility index (Phi) is 5.66. The fourth-order valence-electron chi connectivity index (χ4n) is 5.11. The first-order valence-corrected chi connectivity index (χ1v) is 12.0.